The summed E-state index contributed by atoms with van der Waals surface area (Å²) in [4.78, 5) is 1.78. The van der Waals surface area contributed by atoms with Crippen molar-refractivity contribution in [2.24, 2.45) is 11.3 Å². The van der Waals surface area contributed by atoms with Crippen LogP contribution in [0.5, 0.6) is 0 Å². The summed E-state index contributed by atoms with van der Waals surface area (Å²) in [5.74, 6) is 0.403. The predicted octanol–water partition coefficient (Wildman–Crippen LogP) is 6.06. The first-order chi connectivity index (χ1) is 12.2. The average Bonchev–Trinajstić information content (AvgIpc) is 3.05. The molecule has 0 radical (unpaired) electrons. The molecule has 4 heteroatoms. The van der Waals surface area contributed by atoms with Gasteiger partial charge in [0.15, 0.2) is 9.84 Å². The Balaban J connectivity index is 1.85. The Morgan fingerprint density at radius 2 is 1.73 bits per heavy atom. The molecule has 1 aromatic heterocycles. The topological polar surface area (TPSA) is 34.1 Å². The highest BCUT2D eigenvalue weighted by Crippen LogP contribution is 2.61. The Hall–Kier alpha value is -1.13. The summed E-state index contributed by atoms with van der Waals surface area (Å²) in [6.45, 7) is 9.04. The fourth-order valence-electron chi connectivity index (χ4n) is 5.54. The van der Waals surface area contributed by atoms with Crippen LogP contribution in [0.2, 0.25) is 0 Å². The van der Waals surface area contributed by atoms with E-state index in [-0.39, 0.29) is 10.8 Å². The molecule has 0 spiro atoms. The van der Waals surface area contributed by atoms with Crippen LogP contribution < -0.4 is 0 Å². The molecule has 3 atom stereocenters. The molecule has 2 nitrogen and oxygen atoms in total. The zero-order chi connectivity index (χ0) is 18.7. The van der Waals surface area contributed by atoms with Crippen LogP contribution in [0.4, 0.5) is 0 Å². The lowest BCUT2D eigenvalue weighted by atomic mass is 9.52. The zero-order valence-electron chi connectivity index (χ0n) is 16.1. The van der Waals surface area contributed by atoms with E-state index >= 15 is 0 Å². The molecule has 1 aromatic carbocycles. The van der Waals surface area contributed by atoms with Gasteiger partial charge in [-0.2, -0.15) is 0 Å². The quantitative estimate of drug-likeness (QED) is 0.627. The minimum Gasteiger partial charge on any atom is -0.223 e. The fraction of sp³-hybridized carbons (Fsp3) is 0.545. The molecule has 0 aliphatic heterocycles. The monoisotopic (exact) mass is 388 g/mol. The number of aryl methyl sites for hydroxylation is 1. The van der Waals surface area contributed by atoms with Gasteiger partial charge in [0, 0.05) is 10.3 Å². The van der Waals surface area contributed by atoms with Gasteiger partial charge in [-0.25, -0.2) is 8.42 Å². The largest absolute Gasteiger partial charge is 0.223 e. The maximum absolute atomic E-state index is 13.6. The van der Waals surface area contributed by atoms with Gasteiger partial charge in [-0.3, -0.25) is 0 Å². The normalized spacial score (nSPS) is 30.5. The SMILES string of the molecule is Cc1ccc(S(=O)(=O)[C@@H]2C[C@H]3C(C)(C)CCC[C@@]3(C)c3sccc32)cc1. The molecule has 1 saturated carbocycles. The molecule has 26 heavy (non-hydrogen) atoms. The van der Waals surface area contributed by atoms with Crippen LogP contribution >= 0.6 is 11.3 Å². The first-order valence-electron chi connectivity index (χ1n) is 9.55. The molecule has 0 amide bonds. The Morgan fingerprint density at radius 1 is 1.04 bits per heavy atom. The summed E-state index contributed by atoms with van der Waals surface area (Å²) in [7, 11) is -3.38. The van der Waals surface area contributed by atoms with Crippen LogP contribution in [0, 0.1) is 18.3 Å². The maximum Gasteiger partial charge on any atom is 0.185 e. The second-order valence-electron chi connectivity index (χ2n) is 9.10. The summed E-state index contributed by atoms with van der Waals surface area (Å²) < 4.78 is 27.1. The van der Waals surface area contributed by atoms with Gasteiger partial charge in [0.05, 0.1) is 10.1 Å². The van der Waals surface area contributed by atoms with Crippen molar-refractivity contribution >= 4 is 21.2 Å². The minimum atomic E-state index is -3.38. The number of hydrogen-bond acceptors (Lipinski definition) is 3. The molecule has 2 aromatic rings. The number of rotatable bonds is 2. The maximum atomic E-state index is 13.6. The molecular weight excluding hydrogens is 360 g/mol. The smallest absolute Gasteiger partial charge is 0.185 e. The van der Waals surface area contributed by atoms with Crippen molar-refractivity contribution in [3.63, 3.8) is 0 Å². The van der Waals surface area contributed by atoms with E-state index in [0.717, 1.165) is 17.5 Å². The van der Waals surface area contributed by atoms with Crippen molar-refractivity contribution in [3.05, 3.63) is 51.7 Å². The van der Waals surface area contributed by atoms with Gasteiger partial charge >= 0.3 is 0 Å². The number of sulfone groups is 1. The van der Waals surface area contributed by atoms with Crippen molar-refractivity contribution in [2.75, 3.05) is 0 Å². The third kappa shape index (κ3) is 2.60. The number of benzene rings is 1. The number of thiophene rings is 1. The van der Waals surface area contributed by atoms with Crippen LogP contribution in [0.1, 0.15) is 67.7 Å². The van der Waals surface area contributed by atoms with Gasteiger partial charge in [0.25, 0.3) is 0 Å². The van der Waals surface area contributed by atoms with E-state index in [2.05, 4.69) is 32.2 Å². The molecular formula is C22H28O2S2. The van der Waals surface area contributed by atoms with Gasteiger partial charge in [-0.15, -0.1) is 11.3 Å². The molecule has 0 unspecified atom stereocenters. The van der Waals surface area contributed by atoms with Crippen LogP contribution in [0.15, 0.2) is 40.6 Å². The van der Waals surface area contributed by atoms with E-state index in [4.69, 9.17) is 0 Å². The average molecular weight is 389 g/mol. The van der Waals surface area contributed by atoms with E-state index in [0.29, 0.717) is 10.8 Å². The van der Waals surface area contributed by atoms with Crippen LogP contribution in [-0.2, 0) is 15.3 Å². The Morgan fingerprint density at radius 3 is 2.42 bits per heavy atom. The molecule has 1 heterocycles. The lowest BCUT2D eigenvalue weighted by molar-refractivity contribution is 0.0416. The third-order valence-electron chi connectivity index (χ3n) is 6.96. The molecule has 2 aliphatic carbocycles. The van der Waals surface area contributed by atoms with Gasteiger partial charge in [0.2, 0.25) is 0 Å². The standard InChI is InChI=1S/C22H28O2S2/c1-15-6-8-16(9-7-15)26(23,24)18-14-19-21(2,3)11-5-12-22(19,4)20-17(18)10-13-25-20/h6-10,13,18-19H,5,11-12,14H2,1-4H3/t18-,19+,22-/m1/s1. The molecule has 0 bridgehead atoms. The fourth-order valence-corrected chi connectivity index (χ4v) is 8.64. The van der Waals surface area contributed by atoms with Crippen molar-refractivity contribution in [3.8, 4) is 0 Å². The number of fused-ring (bicyclic) bond motifs is 3. The van der Waals surface area contributed by atoms with Crippen molar-refractivity contribution in [1.82, 2.24) is 0 Å². The van der Waals surface area contributed by atoms with Crippen LogP contribution in [0.25, 0.3) is 0 Å². The summed E-state index contributed by atoms with van der Waals surface area (Å²) in [6, 6.07) is 9.42. The molecule has 4 rings (SSSR count). The molecule has 0 saturated heterocycles. The summed E-state index contributed by atoms with van der Waals surface area (Å²) >= 11 is 1.76. The molecule has 1 fully saturated rings. The highest BCUT2D eigenvalue weighted by Gasteiger charge is 2.54. The second kappa shape index (κ2) is 5.93. The van der Waals surface area contributed by atoms with Gasteiger partial charge < -0.3 is 0 Å². The van der Waals surface area contributed by atoms with Gasteiger partial charge in [-0.05, 0) is 66.7 Å². The Labute approximate surface area is 161 Å². The van der Waals surface area contributed by atoms with Crippen molar-refractivity contribution in [2.45, 2.75) is 68.9 Å². The minimum absolute atomic E-state index is 0.116. The summed E-state index contributed by atoms with van der Waals surface area (Å²) in [5.41, 5.74) is 2.44. The highest BCUT2D eigenvalue weighted by molar-refractivity contribution is 7.91. The summed E-state index contributed by atoms with van der Waals surface area (Å²) in [6.07, 6.45) is 4.33. The van der Waals surface area contributed by atoms with Crippen molar-refractivity contribution < 1.29 is 8.42 Å². The second-order valence-corrected chi connectivity index (χ2v) is 12.1. The van der Waals surface area contributed by atoms with E-state index in [1.807, 2.05) is 19.1 Å². The Kier molecular flexibility index (Phi) is 4.16. The molecule has 0 N–H and O–H groups in total. The Bertz CT molecular complexity index is 921. The van der Waals surface area contributed by atoms with Crippen LogP contribution in [0.3, 0.4) is 0 Å². The highest BCUT2D eigenvalue weighted by atomic mass is 32.2. The van der Waals surface area contributed by atoms with Crippen molar-refractivity contribution in [1.29, 1.82) is 0 Å². The summed E-state index contributed by atoms with van der Waals surface area (Å²) in [5, 5.41) is 1.68. The van der Waals surface area contributed by atoms with E-state index < -0.39 is 15.1 Å². The van der Waals surface area contributed by atoms with E-state index in [9.17, 15) is 8.42 Å². The molecule has 2 aliphatic rings. The van der Waals surface area contributed by atoms with E-state index in [1.54, 1.807) is 23.5 Å². The van der Waals surface area contributed by atoms with Gasteiger partial charge in [-0.1, -0.05) is 44.9 Å². The van der Waals surface area contributed by atoms with Crippen LogP contribution in [-0.4, -0.2) is 8.42 Å². The lowest BCUT2D eigenvalue weighted by Gasteiger charge is -2.54. The first-order valence-corrected chi connectivity index (χ1v) is 12.0. The van der Waals surface area contributed by atoms with E-state index in [1.165, 1.54) is 24.1 Å². The van der Waals surface area contributed by atoms with Gasteiger partial charge in [0.1, 0.15) is 0 Å². The third-order valence-corrected chi connectivity index (χ3v) is 10.3. The number of hydrogen-bond donors (Lipinski definition) is 0. The molecule has 140 valence electrons. The first kappa shape index (κ1) is 18.2. The lowest BCUT2D eigenvalue weighted by Crippen LogP contribution is -2.48. The zero-order valence-corrected chi connectivity index (χ0v) is 17.7. The predicted molar refractivity (Wildman–Crippen MR) is 109 cm³/mol.